The van der Waals surface area contributed by atoms with Crippen molar-refractivity contribution in [2.24, 2.45) is 15.0 Å². The second-order valence-electron chi connectivity index (χ2n) is 2.90. The van der Waals surface area contributed by atoms with Gasteiger partial charge in [-0.15, -0.1) is 0 Å². The zero-order chi connectivity index (χ0) is 16.1. The number of aliphatic imine (C=N–C) groups is 3. The van der Waals surface area contributed by atoms with Crippen LogP contribution in [0.3, 0.4) is 0 Å². The number of hydrogen-bond donors (Lipinski definition) is 2. The smallest absolute Gasteiger partial charge is 0.375 e. The Balaban J connectivity index is 0.000000384. The van der Waals surface area contributed by atoms with Crippen molar-refractivity contribution in [3.63, 3.8) is 0 Å². The summed E-state index contributed by atoms with van der Waals surface area (Å²) in [4.78, 5) is 54.5. The van der Waals surface area contributed by atoms with Gasteiger partial charge in [-0.2, -0.15) is 15.0 Å². The highest BCUT2D eigenvalue weighted by molar-refractivity contribution is 8.06. The first-order valence-electron chi connectivity index (χ1n) is 4.94. The van der Waals surface area contributed by atoms with Gasteiger partial charge in [0.2, 0.25) is 18.2 Å². The highest BCUT2D eigenvalue weighted by Crippen LogP contribution is 2.37. The second-order valence-corrected chi connectivity index (χ2v) is 5.49. The van der Waals surface area contributed by atoms with Gasteiger partial charge in [0, 0.05) is 11.8 Å². The van der Waals surface area contributed by atoms with Gasteiger partial charge >= 0.3 is 6.72 Å². The Kier molecular flexibility index (Phi) is 9.37. The molecule has 0 aromatic heterocycles. The van der Waals surface area contributed by atoms with Gasteiger partial charge in [0.15, 0.2) is 0 Å². The van der Waals surface area contributed by atoms with E-state index in [9.17, 15) is 14.4 Å². The summed E-state index contributed by atoms with van der Waals surface area (Å²) in [7, 11) is 0. The Labute approximate surface area is 123 Å². The molecule has 0 aliphatic carbocycles. The first-order chi connectivity index (χ1) is 9.92. The van der Waals surface area contributed by atoms with Crippen LogP contribution >= 0.6 is 6.72 Å². The van der Waals surface area contributed by atoms with E-state index >= 15 is 0 Å². The molecule has 0 radical (unpaired) electrons. The van der Waals surface area contributed by atoms with E-state index in [1.54, 1.807) is 30.3 Å². The Morgan fingerprint density at radius 2 is 1.43 bits per heavy atom. The summed E-state index contributed by atoms with van der Waals surface area (Å²) >= 11 is 4.27. The van der Waals surface area contributed by atoms with Crippen molar-refractivity contribution in [2.75, 3.05) is 0 Å². The van der Waals surface area contributed by atoms with Crippen LogP contribution in [0, 0.1) is 0 Å². The third-order valence-corrected chi connectivity index (χ3v) is 2.14. The highest BCUT2D eigenvalue weighted by atomic mass is 32.5. The lowest BCUT2D eigenvalue weighted by atomic mass is 10.3. The van der Waals surface area contributed by atoms with Crippen LogP contribution in [0.5, 0.6) is 5.75 Å². The van der Waals surface area contributed by atoms with Crippen LogP contribution in [-0.4, -0.2) is 34.3 Å². The van der Waals surface area contributed by atoms with E-state index in [1.807, 2.05) is 0 Å². The number of hydrogen-bond acceptors (Lipinski definition) is 8. The number of benzene rings is 1. The third-order valence-electron chi connectivity index (χ3n) is 1.47. The van der Waals surface area contributed by atoms with Crippen LogP contribution in [0.15, 0.2) is 45.3 Å². The van der Waals surface area contributed by atoms with Crippen molar-refractivity contribution in [1.82, 2.24) is 0 Å². The van der Waals surface area contributed by atoms with Gasteiger partial charge in [0.1, 0.15) is 5.75 Å². The van der Waals surface area contributed by atoms with Gasteiger partial charge in [-0.3, -0.25) is 0 Å². The SMILES string of the molecule is O=C=NC(N=C=O)N=C=O.OP(O)(=S)Oc1ccccc1. The van der Waals surface area contributed by atoms with E-state index in [0.717, 1.165) is 18.2 Å². The largest absolute Gasteiger partial charge is 0.424 e. The Morgan fingerprint density at radius 3 is 1.76 bits per heavy atom. The average molecular weight is 329 g/mol. The fourth-order valence-electron chi connectivity index (χ4n) is 0.847. The van der Waals surface area contributed by atoms with Crippen molar-refractivity contribution in [1.29, 1.82) is 0 Å². The number of nitrogens with zero attached hydrogens (tertiary/aromatic N) is 3. The molecule has 0 atom stereocenters. The minimum Gasteiger partial charge on any atom is -0.424 e. The molecule has 1 aromatic carbocycles. The lowest BCUT2D eigenvalue weighted by Gasteiger charge is -2.08. The maximum atomic E-state index is 9.49. The van der Waals surface area contributed by atoms with Gasteiger partial charge in [-0.1, -0.05) is 18.2 Å². The van der Waals surface area contributed by atoms with Crippen molar-refractivity contribution in [2.45, 2.75) is 6.29 Å². The molecule has 2 N–H and O–H groups in total. The Hall–Kier alpha value is -2.27. The van der Waals surface area contributed by atoms with Crippen molar-refractivity contribution in [3.8, 4) is 5.75 Å². The van der Waals surface area contributed by atoms with Gasteiger partial charge in [-0.05, 0) is 12.1 Å². The monoisotopic (exact) mass is 329 g/mol. The summed E-state index contributed by atoms with van der Waals surface area (Å²) in [6, 6.07) is 8.45. The summed E-state index contributed by atoms with van der Waals surface area (Å²) in [6.45, 7) is -3.55. The Morgan fingerprint density at radius 1 is 1.00 bits per heavy atom. The maximum Gasteiger partial charge on any atom is 0.375 e. The quantitative estimate of drug-likeness (QED) is 0.457. The van der Waals surface area contributed by atoms with Crippen LogP contribution in [0.2, 0.25) is 0 Å². The molecular weight excluding hydrogens is 321 g/mol. The standard InChI is InChI=1S/C6H7O3PS.C4HN3O3/c7-10(8,11)9-6-4-2-1-3-5-6;8-1-5-4(6-2-9)7-3-10/h1-5H,(H2,7,8,11);4H. The molecule has 1 rings (SSSR count). The second kappa shape index (κ2) is 10.5. The van der Waals surface area contributed by atoms with E-state index in [2.05, 4.69) is 31.3 Å². The van der Waals surface area contributed by atoms with Gasteiger partial charge in [0.25, 0.3) is 6.29 Å². The molecule has 0 unspecified atom stereocenters. The predicted octanol–water partition coefficient (Wildman–Crippen LogP) is 0.552. The lowest BCUT2D eigenvalue weighted by molar-refractivity contribution is 0.370. The van der Waals surface area contributed by atoms with Crippen LogP contribution in [0.4, 0.5) is 0 Å². The predicted molar refractivity (Wildman–Crippen MR) is 73.9 cm³/mol. The van der Waals surface area contributed by atoms with Crippen LogP contribution in [0.25, 0.3) is 0 Å². The maximum absolute atomic E-state index is 9.49. The van der Waals surface area contributed by atoms with E-state index < -0.39 is 13.0 Å². The zero-order valence-corrected chi connectivity index (χ0v) is 11.9. The van der Waals surface area contributed by atoms with Gasteiger partial charge in [0.05, 0.1) is 0 Å². The fourth-order valence-corrected chi connectivity index (χ4v) is 1.50. The summed E-state index contributed by atoms with van der Waals surface area (Å²) in [5, 5.41) is 0. The molecule has 0 heterocycles. The van der Waals surface area contributed by atoms with Crippen LogP contribution in [-0.2, 0) is 26.2 Å². The fraction of sp³-hybridized carbons (Fsp3) is 0.100. The molecule has 0 aliphatic heterocycles. The molecular formula is C10H8N3O6PS. The molecule has 0 spiro atoms. The van der Waals surface area contributed by atoms with E-state index in [0.29, 0.717) is 5.75 Å². The highest BCUT2D eigenvalue weighted by Gasteiger charge is 2.08. The number of carbonyl (C=O) groups excluding carboxylic acids is 3. The zero-order valence-electron chi connectivity index (χ0n) is 10.2. The molecule has 0 saturated carbocycles. The van der Waals surface area contributed by atoms with Crippen molar-refractivity contribution < 1.29 is 28.7 Å². The normalized spacial score (nSPS) is 10.4. The molecule has 1 aromatic rings. The minimum atomic E-state index is -3.55. The van der Waals surface area contributed by atoms with E-state index in [-0.39, 0.29) is 0 Å². The minimum absolute atomic E-state index is 0.376. The van der Waals surface area contributed by atoms with Crippen molar-refractivity contribution >= 4 is 36.8 Å². The molecule has 0 saturated heterocycles. The Bertz CT molecular complexity index is 587. The molecule has 0 aliphatic rings. The molecule has 0 bridgehead atoms. The summed E-state index contributed by atoms with van der Waals surface area (Å²) in [6.07, 6.45) is 1.83. The summed E-state index contributed by atoms with van der Waals surface area (Å²) < 4.78 is 4.64. The van der Waals surface area contributed by atoms with E-state index in [1.165, 1.54) is 0 Å². The first-order valence-corrected chi connectivity index (χ1v) is 7.56. The van der Waals surface area contributed by atoms with Crippen molar-refractivity contribution in [3.05, 3.63) is 30.3 Å². The van der Waals surface area contributed by atoms with Crippen LogP contribution in [0.1, 0.15) is 0 Å². The number of isocyanates is 3. The molecule has 11 heteroatoms. The van der Waals surface area contributed by atoms with Gasteiger partial charge < -0.3 is 14.3 Å². The number of rotatable bonds is 5. The third kappa shape index (κ3) is 11.3. The summed E-state index contributed by atoms with van der Waals surface area (Å²) in [5.74, 6) is 0.376. The molecule has 0 fully saturated rings. The van der Waals surface area contributed by atoms with Gasteiger partial charge in [-0.25, -0.2) is 14.4 Å². The molecule has 0 amide bonds. The topological polar surface area (TPSA) is 138 Å². The molecule has 110 valence electrons. The number of para-hydroxylation sites is 1. The summed E-state index contributed by atoms with van der Waals surface area (Å²) in [5.41, 5.74) is 0. The van der Waals surface area contributed by atoms with E-state index in [4.69, 9.17) is 9.79 Å². The lowest BCUT2D eigenvalue weighted by Crippen LogP contribution is -1.92. The van der Waals surface area contributed by atoms with Crippen LogP contribution < -0.4 is 4.52 Å². The first kappa shape index (κ1) is 18.7. The average Bonchev–Trinajstić information content (AvgIpc) is 2.39. The molecule has 9 nitrogen and oxygen atoms in total. The molecule has 21 heavy (non-hydrogen) atoms.